The molecule has 14 heavy (non-hydrogen) atoms. The molecule has 0 aliphatic rings. The summed E-state index contributed by atoms with van der Waals surface area (Å²) in [5.41, 5.74) is 6.19. The summed E-state index contributed by atoms with van der Waals surface area (Å²) < 4.78 is 0. The van der Waals surface area contributed by atoms with E-state index >= 15 is 0 Å². The monoisotopic (exact) mass is 232 g/mol. The largest absolute Gasteiger partial charge is 0.397 e. The number of carbonyl (C=O) groups is 1. The lowest BCUT2D eigenvalue weighted by Crippen LogP contribution is -2.23. The van der Waals surface area contributed by atoms with Crippen molar-refractivity contribution in [1.82, 2.24) is 5.32 Å². The van der Waals surface area contributed by atoms with Crippen LogP contribution < -0.4 is 11.1 Å². The van der Waals surface area contributed by atoms with Crippen LogP contribution in [0.1, 0.15) is 17.3 Å². The van der Waals surface area contributed by atoms with E-state index in [1.165, 1.54) is 12.1 Å². The van der Waals surface area contributed by atoms with E-state index < -0.39 is 0 Å². The van der Waals surface area contributed by atoms with E-state index in [0.29, 0.717) is 22.2 Å². The number of anilines is 1. The Labute approximate surface area is 92.2 Å². The van der Waals surface area contributed by atoms with Gasteiger partial charge in [-0.1, -0.05) is 23.2 Å². The van der Waals surface area contributed by atoms with Gasteiger partial charge in [0.05, 0.1) is 16.3 Å². The smallest absolute Gasteiger partial charge is 0.253 e. The predicted octanol–water partition coefficient (Wildman–Crippen LogP) is 2.33. The lowest BCUT2D eigenvalue weighted by atomic mass is 10.1. The van der Waals surface area contributed by atoms with E-state index in [4.69, 9.17) is 28.9 Å². The van der Waals surface area contributed by atoms with E-state index in [1.807, 2.05) is 6.92 Å². The molecule has 0 heterocycles. The summed E-state index contributed by atoms with van der Waals surface area (Å²) in [4.78, 5) is 11.5. The number of hydrogen-bond acceptors (Lipinski definition) is 2. The van der Waals surface area contributed by atoms with Gasteiger partial charge < -0.3 is 11.1 Å². The first-order valence-corrected chi connectivity index (χ1v) is 4.84. The number of nitrogen functional groups attached to an aromatic ring is 1. The van der Waals surface area contributed by atoms with E-state index in [2.05, 4.69) is 5.32 Å². The molecule has 0 spiro atoms. The zero-order valence-electron chi connectivity index (χ0n) is 7.60. The third-order valence-corrected chi connectivity index (χ3v) is 2.21. The standard InChI is InChI=1S/C9H10Cl2N2O/c1-2-13-9(14)6-3-5(10)4-7(11)8(6)12/h3-4H,2,12H2,1H3,(H,13,14). The summed E-state index contributed by atoms with van der Waals surface area (Å²) in [5, 5.41) is 3.31. The maximum Gasteiger partial charge on any atom is 0.253 e. The van der Waals surface area contributed by atoms with Crippen LogP contribution >= 0.6 is 23.2 Å². The minimum absolute atomic E-state index is 0.252. The maximum absolute atomic E-state index is 11.5. The molecule has 0 unspecified atom stereocenters. The van der Waals surface area contributed by atoms with Crippen molar-refractivity contribution in [2.24, 2.45) is 0 Å². The number of rotatable bonds is 2. The van der Waals surface area contributed by atoms with Gasteiger partial charge in [-0.3, -0.25) is 4.79 Å². The van der Waals surface area contributed by atoms with Crippen molar-refractivity contribution in [2.75, 3.05) is 12.3 Å². The Morgan fingerprint density at radius 3 is 2.71 bits per heavy atom. The van der Waals surface area contributed by atoms with Gasteiger partial charge in [0.25, 0.3) is 5.91 Å². The highest BCUT2D eigenvalue weighted by Crippen LogP contribution is 2.27. The second kappa shape index (κ2) is 4.53. The van der Waals surface area contributed by atoms with Crippen molar-refractivity contribution in [3.63, 3.8) is 0 Å². The number of benzene rings is 1. The summed E-state index contributed by atoms with van der Waals surface area (Å²) >= 11 is 11.5. The summed E-state index contributed by atoms with van der Waals surface area (Å²) in [5.74, 6) is -0.269. The third kappa shape index (κ3) is 2.30. The van der Waals surface area contributed by atoms with Crippen molar-refractivity contribution in [3.8, 4) is 0 Å². The Kier molecular flexibility index (Phi) is 3.61. The van der Waals surface area contributed by atoms with Gasteiger partial charge in [-0.25, -0.2) is 0 Å². The SMILES string of the molecule is CCNC(=O)c1cc(Cl)cc(Cl)c1N. The van der Waals surface area contributed by atoms with Crippen molar-refractivity contribution in [1.29, 1.82) is 0 Å². The molecule has 0 atom stereocenters. The molecule has 1 rings (SSSR count). The molecule has 0 bridgehead atoms. The lowest BCUT2D eigenvalue weighted by molar-refractivity contribution is 0.0956. The molecule has 76 valence electrons. The minimum Gasteiger partial charge on any atom is -0.397 e. The number of carbonyl (C=O) groups excluding carboxylic acids is 1. The molecule has 5 heteroatoms. The second-order valence-corrected chi connectivity index (χ2v) is 3.55. The summed E-state index contributed by atoms with van der Waals surface area (Å²) in [6.45, 7) is 2.35. The molecule has 0 aliphatic carbocycles. The Bertz CT molecular complexity index is 366. The van der Waals surface area contributed by atoms with Gasteiger partial charge in [0.1, 0.15) is 0 Å². The van der Waals surface area contributed by atoms with Gasteiger partial charge in [-0.05, 0) is 19.1 Å². The Morgan fingerprint density at radius 2 is 2.14 bits per heavy atom. The van der Waals surface area contributed by atoms with Crippen LogP contribution in [0.5, 0.6) is 0 Å². The first-order valence-electron chi connectivity index (χ1n) is 4.09. The maximum atomic E-state index is 11.5. The zero-order valence-corrected chi connectivity index (χ0v) is 9.12. The number of nitrogens with two attached hydrogens (primary N) is 1. The Morgan fingerprint density at radius 1 is 1.50 bits per heavy atom. The summed E-state index contributed by atoms with van der Waals surface area (Å²) in [6, 6.07) is 2.99. The van der Waals surface area contributed by atoms with E-state index in [1.54, 1.807) is 0 Å². The second-order valence-electron chi connectivity index (χ2n) is 2.71. The molecule has 0 aromatic heterocycles. The van der Waals surface area contributed by atoms with Gasteiger partial charge in [0.15, 0.2) is 0 Å². The van der Waals surface area contributed by atoms with Gasteiger partial charge >= 0.3 is 0 Å². The van der Waals surface area contributed by atoms with Crippen molar-refractivity contribution < 1.29 is 4.79 Å². The number of halogens is 2. The fraction of sp³-hybridized carbons (Fsp3) is 0.222. The topological polar surface area (TPSA) is 55.1 Å². The number of nitrogens with one attached hydrogen (secondary N) is 1. The van der Waals surface area contributed by atoms with Crippen molar-refractivity contribution >= 4 is 34.8 Å². The highest BCUT2D eigenvalue weighted by Gasteiger charge is 2.12. The average Bonchev–Trinajstić information content (AvgIpc) is 2.11. The third-order valence-electron chi connectivity index (χ3n) is 1.68. The molecule has 3 nitrogen and oxygen atoms in total. The van der Waals surface area contributed by atoms with Crippen molar-refractivity contribution in [2.45, 2.75) is 6.92 Å². The molecule has 1 aromatic carbocycles. The van der Waals surface area contributed by atoms with Crippen LogP contribution in [0.3, 0.4) is 0 Å². The fourth-order valence-electron chi connectivity index (χ4n) is 1.03. The molecule has 3 N–H and O–H groups in total. The van der Waals surface area contributed by atoms with Crippen LogP contribution in [0, 0.1) is 0 Å². The Hall–Kier alpha value is -0.930. The minimum atomic E-state index is -0.269. The molecule has 1 amide bonds. The zero-order chi connectivity index (χ0) is 10.7. The molecular weight excluding hydrogens is 223 g/mol. The highest BCUT2D eigenvalue weighted by molar-refractivity contribution is 6.37. The van der Waals surface area contributed by atoms with Crippen LogP contribution in [0.25, 0.3) is 0 Å². The molecule has 0 aliphatic heterocycles. The predicted molar refractivity (Wildman–Crippen MR) is 58.9 cm³/mol. The lowest BCUT2D eigenvalue weighted by Gasteiger charge is -2.07. The highest BCUT2D eigenvalue weighted by atomic mass is 35.5. The first-order chi connectivity index (χ1) is 6.56. The van der Waals surface area contributed by atoms with Crippen molar-refractivity contribution in [3.05, 3.63) is 27.7 Å². The van der Waals surface area contributed by atoms with Crippen LogP contribution in [0.15, 0.2) is 12.1 Å². The van der Waals surface area contributed by atoms with Crippen LogP contribution in [-0.2, 0) is 0 Å². The molecular formula is C9H10Cl2N2O. The Balaban J connectivity index is 3.13. The molecule has 0 radical (unpaired) electrons. The molecule has 0 saturated heterocycles. The average molecular weight is 233 g/mol. The first kappa shape index (κ1) is 11.1. The van der Waals surface area contributed by atoms with E-state index in [-0.39, 0.29) is 11.6 Å². The normalized spacial score (nSPS) is 9.93. The van der Waals surface area contributed by atoms with E-state index in [0.717, 1.165) is 0 Å². The van der Waals surface area contributed by atoms with Crippen LogP contribution in [0.4, 0.5) is 5.69 Å². The quantitative estimate of drug-likeness (QED) is 0.770. The van der Waals surface area contributed by atoms with Crippen LogP contribution in [0.2, 0.25) is 10.0 Å². The van der Waals surface area contributed by atoms with Crippen LogP contribution in [-0.4, -0.2) is 12.5 Å². The number of hydrogen-bond donors (Lipinski definition) is 2. The van der Waals surface area contributed by atoms with E-state index in [9.17, 15) is 4.79 Å². The van der Waals surface area contributed by atoms with Gasteiger partial charge in [0, 0.05) is 11.6 Å². The van der Waals surface area contributed by atoms with Gasteiger partial charge in [-0.15, -0.1) is 0 Å². The summed E-state index contributed by atoms with van der Waals surface area (Å²) in [7, 11) is 0. The number of amides is 1. The van der Waals surface area contributed by atoms with Gasteiger partial charge in [0.2, 0.25) is 0 Å². The molecule has 0 fully saturated rings. The van der Waals surface area contributed by atoms with Gasteiger partial charge in [-0.2, -0.15) is 0 Å². The molecule has 0 saturated carbocycles. The molecule has 1 aromatic rings. The summed E-state index contributed by atoms with van der Waals surface area (Å²) in [6.07, 6.45) is 0. The fourth-order valence-corrected chi connectivity index (χ4v) is 1.52.